The first kappa shape index (κ1) is 14.6. The van der Waals surface area contributed by atoms with Crippen LogP contribution in [0.25, 0.3) is 0 Å². The van der Waals surface area contributed by atoms with Crippen LogP contribution in [0.4, 0.5) is 0 Å². The molecule has 0 aliphatic carbocycles. The summed E-state index contributed by atoms with van der Waals surface area (Å²) in [5, 5.41) is 3.43. The molecule has 0 heterocycles. The molecule has 0 bridgehead atoms. The molecule has 1 unspecified atom stereocenters. The third-order valence-electron chi connectivity index (χ3n) is 2.92. The predicted octanol–water partition coefficient (Wildman–Crippen LogP) is 1.74. The van der Waals surface area contributed by atoms with Crippen LogP contribution in [0.1, 0.15) is 12.5 Å². The topological polar surface area (TPSA) is 24.5 Å². The van der Waals surface area contributed by atoms with Crippen LogP contribution >= 0.6 is 0 Å². The van der Waals surface area contributed by atoms with Crippen molar-refractivity contribution in [2.75, 3.05) is 27.2 Å². The second kappa shape index (κ2) is 7.75. The van der Waals surface area contributed by atoms with Crippen LogP contribution < -0.4 is 10.1 Å². The number of terminal acetylenes is 1. The van der Waals surface area contributed by atoms with E-state index in [1.54, 1.807) is 0 Å². The second-order valence-corrected chi connectivity index (χ2v) is 4.54. The van der Waals surface area contributed by atoms with Gasteiger partial charge in [0, 0.05) is 24.7 Å². The number of nitrogens with one attached hydrogen (secondary N) is 1. The summed E-state index contributed by atoms with van der Waals surface area (Å²) in [6.45, 7) is 4.23. The fourth-order valence-corrected chi connectivity index (χ4v) is 1.51. The summed E-state index contributed by atoms with van der Waals surface area (Å²) in [6.07, 6.45) is 5.20. The van der Waals surface area contributed by atoms with Crippen LogP contribution in [-0.4, -0.2) is 38.2 Å². The zero-order valence-electron chi connectivity index (χ0n) is 11.4. The van der Waals surface area contributed by atoms with Crippen molar-refractivity contribution in [1.29, 1.82) is 0 Å². The van der Waals surface area contributed by atoms with Gasteiger partial charge in [-0.15, -0.1) is 6.42 Å². The molecule has 0 radical (unpaired) electrons. The molecule has 18 heavy (non-hydrogen) atoms. The first-order valence-corrected chi connectivity index (χ1v) is 6.16. The van der Waals surface area contributed by atoms with Gasteiger partial charge in [0.15, 0.2) is 0 Å². The molecule has 0 aromatic heterocycles. The molecule has 1 N–H and O–H groups in total. The minimum absolute atomic E-state index is 0.311. The molecular weight excluding hydrogens is 224 g/mol. The Hall–Kier alpha value is -1.50. The largest absolute Gasteiger partial charge is 0.481 e. The van der Waals surface area contributed by atoms with Crippen molar-refractivity contribution in [2.24, 2.45) is 0 Å². The first-order chi connectivity index (χ1) is 8.65. The zero-order chi connectivity index (χ0) is 13.4. The maximum absolute atomic E-state index is 5.50. The van der Waals surface area contributed by atoms with E-state index >= 15 is 0 Å². The number of ether oxygens (including phenoxy) is 1. The van der Waals surface area contributed by atoms with Gasteiger partial charge in [-0.2, -0.15) is 0 Å². The molecule has 1 aromatic carbocycles. The number of para-hydroxylation sites is 1. The van der Waals surface area contributed by atoms with E-state index in [4.69, 9.17) is 11.2 Å². The van der Waals surface area contributed by atoms with Crippen molar-refractivity contribution in [1.82, 2.24) is 10.2 Å². The van der Waals surface area contributed by atoms with Gasteiger partial charge in [0.1, 0.15) is 12.4 Å². The normalized spacial score (nSPS) is 12.2. The summed E-state index contributed by atoms with van der Waals surface area (Å²) in [4.78, 5) is 2.19. The third kappa shape index (κ3) is 4.79. The first-order valence-electron chi connectivity index (χ1n) is 6.16. The van der Waals surface area contributed by atoms with Crippen LogP contribution in [0.3, 0.4) is 0 Å². The molecule has 0 saturated carbocycles. The monoisotopic (exact) mass is 246 g/mol. The molecule has 0 amide bonds. The van der Waals surface area contributed by atoms with Gasteiger partial charge < -0.3 is 15.0 Å². The summed E-state index contributed by atoms with van der Waals surface area (Å²) in [6, 6.07) is 8.47. The van der Waals surface area contributed by atoms with Crippen LogP contribution in [0.2, 0.25) is 0 Å². The van der Waals surface area contributed by atoms with E-state index in [2.05, 4.69) is 43.2 Å². The quantitative estimate of drug-likeness (QED) is 0.742. The van der Waals surface area contributed by atoms with Crippen LogP contribution in [0.5, 0.6) is 5.75 Å². The number of hydrogen-bond acceptors (Lipinski definition) is 3. The lowest BCUT2D eigenvalue weighted by Crippen LogP contribution is -2.35. The lowest BCUT2D eigenvalue weighted by Gasteiger charge is -2.20. The van der Waals surface area contributed by atoms with Gasteiger partial charge in [0.25, 0.3) is 0 Å². The minimum Gasteiger partial charge on any atom is -0.481 e. The highest BCUT2D eigenvalue weighted by molar-refractivity contribution is 5.33. The van der Waals surface area contributed by atoms with Crippen molar-refractivity contribution in [3.63, 3.8) is 0 Å². The third-order valence-corrected chi connectivity index (χ3v) is 2.92. The smallest absolute Gasteiger partial charge is 0.148 e. The van der Waals surface area contributed by atoms with Crippen LogP contribution in [0, 0.1) is 12.3 Å². The Morgan fingerprint density at radius 3 is 2.78 bits per heavy atom. The fraction of sp³-hybridized carbons (Fsp3) is 0.467. The summed E-state index contributed by atoms with van der Waals surface area (Å²) in [7, 11) is 4.16. The SMILES string of the molecule is C#CCOc1ccccc1CNCC(C)N(C)C. The summed E-state index contributed by atoms with van der Waals surface area (Å²) >= 11 is 0. The number of likely N-dealkylation sites (N-methyl/N-ethyl adjacent to an activating group) is 1. The predicted molar refractivity (Wildman–Crippen MR) is 75.6 cm³/mol. The second-order valence-electron chi connectivity index (χ2n) is 4.54. The Kier molecular flexibility index (Phi) is 6.27. The zero-order valence-corrected chi connectivity index (χ0v) is 11.4. The molecule has 0 aliphatic heterocycles. The molecule has 0 spiro atoms. The highest BCUT2D eigenvalue weighted by atomic mass is 16.5. The van der Waals surface area contributed by atoms with Gasteiger partial charge in [-0.1, -0.05) is 24.1 Å². The lowest BCUT2D eigenvalue weighted by molar-refractivity contribution is 0.301. The highest BCUT2D eigenvalue weighted by Gasteiger charge is 2.05. The van der Waals surface area contributed by atoms with E-state index in [1.807, 2.05) is 18.2 Å². The van der Waals surface area contributed by atoms with Gasteiger partial charge in [-0.05, 0) is 27.1 Å². The average molecular weight is 246 g/mol. The number of nitrogens with zero attached hydrogens (tertiary/aromatic N) is 1. The van der Waals surface area contributed by atoms with E-state index in [0.29, 0.717) is 12.6 Å². The number of hydrogen-bond donors (Lipinski definition) is 1. The van der Waals surface area contributed by atoms with Gasteiger partial charge in [-0.25, -0.2) is 0 Å². The lowest BCUT2D eigenvalue weighted by atomic mass is 10.2. The number of benzene rings is 1. The van der Waals surface area contributed by atoms with Gasteiger partial charge in [0.05, 0.1) is 0 Å². The fourth-order valence-electron chi connectivity index (χ4n) is 1.51. The Balaban J connectivity index is 2.49. The number of rotatable bonds is 7. The van der Waals surface area contributed by atoms with Gasteiger partial charge >= 0.3 is 0 Å². The van der Waals surface area contributed by atoms with Gasteiger partial charge in [0.2, 0.25) is 0 Å². The molecule has 98 valence electrons. The van der Waals surface area contributed by atoms with Gasteiger partial charge in [-0.3, -0.25) is 0 Å². The Morgan fingerprint density at radius 2 is 2.11 bits per heavy atom. The summed E-state index contributed by atoms with van der Waals surface area (Å²) in [5.41, 5.74) is 1.14. The molecule has 3 nitrogen and oxygen atoms in total. The minimum atomic E-state index is 0.311. The highest BCUT2D eigenvalue weighted by Crippen LogP contribution is 2.17. The molecule has 1 atom stereocenters. The Labute approximate surface area is 110 Å². The van der Waals surface area contributed by atoms with Crippen molar-refractivity contribution in [3.05, 3.63) is 29.8 Å². The van der Waals surface area contributed by atoms with E-state index in [0.717, 1.165) is 24.4 Å². The van der Waals surface area contributed by atoms with E-state index in [-0.39, 0.29) is 0 Å². The summed E-state index contributed by atoms with van der Waals surface area (Å²) < 4.78 is 5.50. The standard InChI is InChI=1S/C15H22N2O/c1-5-10-18-15-9-7-6-8-14(15)12-16-11-13(2)17(3)4/h1,6-9,13,16H,10-12H2,2-4H3. The molecule has 0 aliphatic rings. The van der Waals surface area contributed by atoms with Crippen molar-refractivity contribution >= 4 is 0 Å². The van der Waals surface area contributed by atoms with Crippen LogP contribution in [-0.2, 0) is 6.54 Å². The van der Waals surface area contributed by atoms with E-state index in [9.17, 15) is 0 Å². The Morgan fingerprint density at radius 1 is 1.39 bits per heavy atom. The van der Waals surface area contributed by atoms with Crippen molar-refractivity contribution in [3.8, 4) is 18.1 Å². The maximum atomic E-state index is 5.50. The van der Waals surface area contributed by atoms with Crippen LogP contribution in [0.15, 0.2) is 24.3 Å². The van der Waals surface area contributed by atoms with Crippen molar-refractivity contribution in [2.45, 2.75) is 19.5 Å². The maximum Gasteiger partial charge on any atom is 0.148 e. The summed E-state index contributed by atoms with van der Waals surface area (Å²) in [5.74, 6) is 3.34. The molecule has 0 saturated heterocycles. The molecular formula is C15H22N2O. The van der Waals surface area contributed by atoms with Crippen molar-refractivity contribution < 1.29 is 4.74 Å². The molecule has 0 fully saturated rings. The van der Waals surface area contributed by atoms with E-state index < -0.39 is 0 Å². The van der Waals surface area contributed by atoms with E-state index in [1.165, 1.54) is 0 Å². The average Bonchev–Trinajstić information content (AvgIpc) is 2.37. The molecule has 1 aromatic rings. The molecule has 3 heteroatoms. The Bertz CT molecular complexity index is 396. The molecule has 1 rings (SSSR count).